The number of carboxylic acids is 1. The average Bonchev–Trinajstić information content (AvgIpc) is 2.05. The van der Waals surface area contributed by atoms with Gasteiger partial charge in [0.2, 0.25) is 0 Å². The Hall–Kier alpha value is -1.46. The molecule has 0 radical (unpaired) electrons. The lowest BCUT2D eigenvalue weighted by Gasteiger charge is -2.11. The fourth-order valence-corrected chi connectivity index (χ4v) is 1.26. The molecule has 0 saturated heterocycles. The number of carboxylic acid groups (broad SMARTS) is 1. The van der Waals surface area contributed by atoms with Crippen molar-refractivity contribution in [2.45, 2.75) is 12.6 Å². The molecule has 6 heteroatoms. The van der Waals surface area contributed by atoms with Crippen LogP contribution in [0.5, 0.6) is 0 Å². The smallest absolute Gasteiger partial charge is 0.415 e. The molecule has 0 heterocycles. The molecule has 80 valence electrons. The molecule has 0 aliphatic heterocycles. The van der Waals surface area contributed by atoms with E-state index in [0.29, 0.717) is 0 Å². The average molecular weight is 216 g/mol. The third-order valence-corrected chi connectivity index (χ3v) is 1.96. The molecule has 0 spiro atoms. The molecular weight excluding hydrogens is 208 g/mol. The summed E-state index contributed by atoms with van der Waals surface area (Å²) < 4.78 is 37.3. The molecule has 1 aromatic rings. The van der Waals surface area contributed by atoms with Crippen molar-refractivity contribution in [2.24, 2.45) is 0 Å². The molecule has 1 aromatic carbocycles. The lowest BCUT2D eigenvalue weighted by molar-refractivity contribution is -0.138. The van der Waals surface area contributed by atoms with Crippen molar-refractivity contribution in [3.05, 3.63) is 29.3 Å². The molecule has 0 aliphatic carbocycles. The van der Waals surface area contributed by atoms with Gasteiger partial charge in [-0.25, -0.2) is 0 Å². The number of carbonyl (C=O) groups is 1. The van der Waals surface area contributed by atoms with E-state index < -0.39 is 24.1 Å². The van der Waals surface area contributed by atoms with Crippen molar-refractivity contribution in [2.75, 3.05) is 0 Å². The second kappa shape index (κ2) is 3.96. The largest absolute Gasteiger partial charge is 0.481 e. The molecule has 0 atom stereocenters. The number of aliphatic carboxylic acids is 1. The predicted octanol–water partition coefficient (Wildman–Crippen LogP) is 0.591. The van der Waals surface area contributed by atoms with E-state index in [1.165, 1.54) is 20.0 Å². The Morgan fingerprint density at radius 2 is 2.00 bits per heavy atom. The molecule has 0 aliphatic rings. The highest BCUT2D eigenvalue weighted by molar-refractivity contribution is 6.33. The van der Waals surface area contributed by atoms with Crippen LogP contribution in [0.25, 0.3) is 0 Å². The zero-order chi connectivity index (χ0) is 11.6. The van der Waals surface area contributed by atoms with E-state index in [2.05, 4.69) is 0 Å². The predicted molar refractivity (Wildman–Crippen MR) is 51.0 cm³/mol. The summed E-state index contributed by atoms with van der Waals surface area (Å²) in [6, 6.07) is 3.54. The lowest BCUT2D eigenvalue weighted by atomic mass is 9.88. The van der Waals surface area contributed by atoms with E-state index in [1.54, 1.807) is 0 Å². The zero-order valence-corrected chi connectivity index (χ0v) is 7.93. The quantitative estimate of drug-likeness (QED) is 0.734. The van der Waals surface area contributed by atoms with Gasteiger partial charge in [-0.05, 0) is 11.6 Å². The molecule has 2 nitrogen and oxygen atoms in total. The molecule has 15 heavy (non-hydrogen) atoms. The molecule has 0 fully saturated rings. The van der Waals surface area contributed by atoms with Gasteiger partial charge in [-0.15, -0.1) is 0 Å². The molecule has 0 bridgehead atoms. The summed E-state index contributed by atoms with van der Waals surface area (Å²) in [4.78, 5) is 10.3. The van der Waals surface area contributed by atoms with Gasteiger partial charge in [0.05, 0.1) is 6.42 Å². The number of hydrogen-bond acceptors (Lipinski definition) is 1. The van der Waals surface area contributed by atoms with Crippen LogP contribution in [0.1, 0.15) is 11.1 Å². The second-order valence-electron chi connectivity index (χ2n) is 3.22. The van der Waals surface area contributed by atoms with Gasteiger partial charge < -0.3 is 5.11 Å². The molecule has 1 N–H and O–H groups in total. The summed E-state index contributed by atoms with van der Waals surface area (Å²) in [6.45, 7) is 0. The number of benzene rings is 1. The van der Waals surface area contributed by atoms with Crippen LogP contribution in [-0.4, -0.2) is 18.9 Å². The molecule has 1 rings (SSSR count). The van der Waals surface area contributed by atoms with Crippen molar-refractivity contribution in [3.63, 3.8) is 0 Å². The van der Waals surface area contributed by atoms with Gasteiger partial charge in [-0.3, -0.25) is 4.79 Å². The van der Waals surface area contributed by atoms with Crippen LogP contribution < -0.4 is 5.46 Å². The molecule has 0 saturated carbocycles. The van der Waals surface area contributed by atoms with Crippen molar-refractivity contribution < 1.29 is 23.1 Å². The minimum absolute atomic E-state index is 0.0941. The van der Waals surface area contributed by atoms with Gasteiger partial charge in [-0.2, -0.15) is 13.2 Å². The maximum atomic E-state index is 12.4. The highest BCUT2D eigenvalue weighted by atomic mass is 19.4. The van der Waals surface area contributed by atoms with Gasteiger partial charge >= 0.3 is 12.1 Å². The number of halogens is 3. The van der Waals surface area contributed by atoms with Crippen LogP contribution >= 0.6 is 0 Å². The van der Waals surface area contributed by atoms with Gasteiger partial charge in [-0.1, -0.05) is 17.6 Å². The van der Waals surface area contributed by atoms with Crippen LogP contribution in [0, 0.1) is 0 Å². The number of hydrogen-bond donors (Lipinski definition) is 1. The number of rotatable bonds is 2. The van der Waals surface area contributed by atoms with Crippen molar-refractivity contribution in [1.82, 2.24) is 0 Å². The summed E-state index contributed by atoms with van der Waals surface area (Å²) in [6.07, 6.45) is -4.83. The maximum absolute atomic E-state index is 12.4. The first-order valence-corrected chi connectivity index (χ1v) is 4.19. The Kier molecular flexibility index (Phi) is 3.07. The Labute approximate surface area is 85.1 Å². The SMILES string of the molecule is Bc1ccc(CC(=O)O)cc1C(F)(F)F. The van der Waals surface area contributed by atoms with Crippen LogP contribution in [0.2, 0.25) is 0 Å². The van der Waals surface area contributed by atoms with Gasteiger partial charge in [0, 0.05) is 5.56 Å². The molecular formula is C9H8BF3O2. The number of alkyl halides is 3. The summed E-state index contributed by atoms with van der Waals surface area (Å²) >= 11 is 0. The van der Waals surface area contributed by atoms with E-state index in [0.717, 1.165) is 6.07 Å². The second-order valence-corrected chi connectivity index (χ2v) is 3.22. The Morgan fingerprint density at radius 1 is 1.40 bits per heavy atom. The monoisotopic (exact) mass is 216 g/mol. The third-order valence-electron chi connectivity index (χ3n) is 1.96. The first-order chi connectivity index (χ1) is 6.80. The Morgan fingerprint density at radius 3 is 2.47 bits per heavy atom. The Balaban J connectivity index is 3.11. The standard InChI is InChI=1S/C9H8BF3O2/c10-7-2-1-5(4-8(14)15)3-6(7)9(11,12)13/h1-3H,4,10H2,(H,14,15). The minimum atomic E-state index is -4.43. The van der Waals surface area contributed by atoms with Crippen LogP contribution in [-0.2, 0) is 17.4 Å². The van der Waals surface area contributed by atoms with Crippen molar-refractivity contribution in [3.8, 4) is 0 Å². The van der Waals surface area contributed by atoms with Crippen LogP contribution in [0.3, 0.4) is 0 Å². The summed E-state index contributed by atoms with van der Waals surface area (Å²) in [5.41, 5.74) is -0.529. The van der Waals surface area contributed by atoms with Crippen molar-refractivity contribution >= 4 is 19.3 Å². The van der Waals surface area contributed by atoms with E-state index in [4.69, 9.17) is 5.11 Å². The first kappa shape index (κ1) is 11.6. The van der Waals surface area contributed by atoms with Gasteiger partial charge in [0.25, 0.3) is 0 Å². The fraction of sp³-hybridized carbons (Fsp3) is 0.222. The lowest BCUT2D eigenvalue weighted by Crippen LogP contribution is -2.20. The zero-order valence-electron chi connectivity index (χ0n) is 7.93. The minimum Gasteiger partial charge on any atom is -0.481 e. The van der Waals surface area contributed by atoms with E-state index in [1.807, 2.05) is 0 Å². The van der Waals surface area contributed by atoms with Crippen molar-refractivity contribution in [1.29, 1.82) is 0 Å². The molecule has 0 unspecified atom stereocenters. The highest BCUT2D eigenvalue weighted by Crippen LogP contribution is 2.28. The van der Waals surface area contributed by atoms with Crippen LogP contribution in [0.4, 0.5) is 13.2 Å². The van der Waals surface area contributed by atoms with Gasteiger partial charge in [0.1, 0.15) is 7.85 Å². The van der Waals surface area contributed by atoms with Gasteiger partial charge in [0.15, 0.2) is 0 Å². The van der Waals surface area contributed by atoms with E-state index >= 15 is 0 Å². The molecule has 0 aromatic heterocycles. The normalized spacial score (nSPS) is 11.4. The summed E-state index contributed by atoms with van der Waals surface area (Å²) in [7, 11) is 1.34. The maximum Gasteiger partial charge on any atom is 0.415 e. The molecule has 0 amide bonds. The van der Waals surface area contributed by atoms with E-state index in [-0.39, 0.29) is 11.0 Å². The van der Waals surface area contributed by atoms with E-state index in [9.17, 15) is 18.0 Å². The topological polar surface area (TPSA) is 37.3 Å². The third kappa shape index (κ3) is 3.01. The summed E-state index contributed by atoms with van der Waals surface area (Å²) in [5, 5.41) is 8.45. The first-order valence-electron chi connectivity index (χ1n) is 4.19. The highest BCUT2D eigenvalue weighted by Gasteiger charge is 2.32. The fourth-order valence-electron chi connectivity index (χ4n) is 1.26. The van der Waals surface area contributed by atoms with Crippen LogP contribution in [0.15, 0.2) is 18.2 Å². The Bertz CT molecular complexity index is 387. The summed E-state index contributed by atoms with van der Waals surface area (Å²) in [5.74, 6) is -1.15.